The fourth-order valence-electron chi connectivity index (χ4n) is 5.68. The second kappa shape index (κ2) is 8.73. The highest BCUT2D eigenvalue weighted by Gasteiger charge is 2.24. The van der Waals surface area contributed by atoms with E-state index in [0.717, 1.165) is 21.2 Å². The predicted molar refractivity (Wildman–Crippen MR) is 168 cm³/mol. The normalized spacial score (nSPS) is 12.7. The van der Waals surface area contributed by atoms with Gasteiger partial charge in [-0.1, -0.05) is 113 Å². The lowest BCUT2D eigenvalue weighted by Gasteiger charge is -2.26. The summed E-state index contributed by atoms with van der Waals surface area (Å²) in [7, 11) is 0. The highest BCUT2D eigenvalue weighted by Crippen LogP contribution is 2.48. The van der Waals surface area contributed by atoms with E-state index in [1.54, 1.807) is 0 Å². The van der Waals surface area contributed by atoms with Crippen LogP contribution in [0.4, 0.5) is 0 Å². The van der Waals surface area contributed by atoms with Gasteiger partial charge in [0.15, 0.2) is 0 Å². The minimum absolute atomic E-state index is 0.00777. The van der Waals surface area contributed by atoms with E-state index >= 15 is 0 Å². The van der Waals surface area contributed by atoms with Crippen LogP contribution in [0.25, 0.3) is 54.6 Å². The molecule has 0 amide bonds. The van der Waals surface area contributed by atoms with E-state index in [1.165, 1.54) is 54.6 Å². The summed E-state index contributed by atoms with van der Waals surface area (Å²) in [5.74, 6) is 0. The van der Waals surface area contributed by atoms with Gasteiger partial charge in [-0.2, -0.15) is 0 Å². The van der Waals surface area contributed by atoms with E-state index in [9.17, 15) is 0 Å². The Balaban J connectivity index is 1.89. The first kappa shape index (κ1) is 25.2. The quantitative estimate of drug-likeness (QED) is 0.194. The Morgan fingerprint density at radius 2 is 0.816 bits per heavy atom. The van der Waals surface area contributed by atoms with Crippen molar-refractivity contribution in [3.63, 3.8) is 0 Å². The first-order chi connectivity index (χ1) is 17.9. The van der Waals surface area contributed by atoms with Gasteiger partial charge in [0.2, 0.25) is 0 Å². The SMILES string of the molecule is CC(C)(C)c1cc2cc(-c3ccccc3Cl)c3cc(C(C)(C)C)cc4cc(-c5ccccc5Cl)c(c1)c2c43. The van der Waals surface area contributed by atoms with Crippen molar-refractivity contribution in [2.45, 2.75) is 52.4 Å². The fraction of sp³-hybridized carbons (Fsp3) is 0.222. The molecular formula is C36H32Cl2. The van der Waals surface area contributed by atoms with Crippen LogP contribution in [0.2, 0.25) is 10.0 Å². The van der Waals surface area contributed by atoms with Gasteiger partial charge in [-0.25, -0.2) is 0 Å². The average molecular weight is 536 g/mol. The van der Waals surface area contributed by atoms with Crippen LogP contribution < -0.4 is 0 Å². The fourth-order valence-corrected chi connectivity index (χ4v) is 6.15. The van der Waals surface area contributed by atoms with Crippen LogP contribution >= 0.6 is 23.2 Å². The van der Waals surface area contributed by atoms with Gasteiger partial charge < -0.3 is 0 Å². The zero-order chi connectivity index (χ0) is 27.0. The zero-order valence-corrected chi connectivity index (χ0v) is 24.4. The molecule has 2 heteroatoms. The second-order valence-corrected chi connectivity index (χ2v) is 13.4. The van der Waals surface area contributed by atoms with Crippen LogP contribution in [-0.2, 0) is 10.8 Å². The molecule has 0 aromatic heterocycles. The van der Waals surface area contributed by atoms with Crippen LogP contribution in [0.3, 0.4) is 0 Å². The van der Waals surface area contributed by atoms with Crippen LogP contribution in [0.5, 0.6) is 0 Å². The van der Waals surface area contributed by atoms with Crippen molar-refractivity contribution < 1.29 is 0 Å². The zero-order valence-electron chi connectivity index (χ0n) is 22.8. The topological polar surface area (TPSA) is 0 Å². The smallest absolute Gasteiger partial charge is 0.0484 e. The third kappa shape index (κ3) is 4.06. The Kier molecular flexibility index (Phi) is 5.80. The van der Waals surface area contributed by atoms with Gasteiger partial charge in [-0.15, -0.1) is 0 Å². The lowest BCUT2D eigenvalue weighted by Crippen LogP contribution is -2.12. The molecule has 0 N–H and O–H groups in total. The molecule has 0 saturated carbocycles. The summed E-state index contributed by atoms with van der Waals surface area (Å²) in [5.41, 5.74) is 7.08. The molecule has 0 atom stereocenters. The maximum Gasteiger partial charge on any atom is 0.0484 e. The molecule has 0 aliphatic carbocycles. The molecule has 0 radical (unpaired) electrons. The Labute approximate surface area is 235 Å². The number of hydrogen-bond donors (Lipinski definition) is 0. The van der Waals surface area contributed by atoms with Crippen LogP contribution in [0.15, 0.2) is 84.9 Å². The Hall–Kier alpha value is -3.06. The standard InChI is InChI=1S/C36H32Cl2/c1-35(2,3)23-15-21-17-28(26-12-8-10-14-32(26)38)30-20-24(36(4,5)6)16-22-18-27(25-11-7-9-13-31(25)37)29(19-23)33(21)34(22)30/h7-20H,1-6H3. The molecule has 38 heavy (non-hydrogen) atoms. The third-order valence-electron chi connectivity index (χ3n) is 7.83. The number of hydrogen-bond acceptors (Lipinski definition) is 0. The Bertz CT molecular complexity index is 1710. The summed E-state index contributed by atoms with van der Waals surface area (Å²) in [6, 6.07) is 30.6. The summed E-state index contributed by atoms with van der Waals surface area (Å²) in [6.07, 6.45) is 0. The largest absolute Gasteiger partial charge is 0.0837 e. The van der Waals surface area contributed by atoms with Gasteiger partial charge in [0, 0.05) is 21.2 Å². The first-order valence-electron chi connectivity index (χ1n) is 13.2. The summed E-state index contributed by atoms with van der Waals surface area (Å²) in [5, 5.41) is 9.07. The van der Waals surface area contributed by atoms with Crippen LogP contribution in [0.1, 0.15) is 52.7 Å². The molecule has 0 nitrogen and oxygen atoms in total. The second-order valence-electron chi connectivity index (χ2n) is 12.6. The summed E-state index contributed by atoms with van der Waals surface area (Å²) < 4.78 is 0. The predicted octanol–water partition coefficient (Wildman–Crippen LogP) is 11.8. The van der Waals surface area contributed by atoms with Crippen molar-refractivity contribution >= 4 is 55.5 Å². The molecule has 6 aromatic carbocycles. The van der Waals surface area contributed by atoms with E-state index in [4.69, 9.17) is 23.2 Å². The Morgan fingerprint density at radius 1 is 0.447 bits per heavy atom. The van der Waals surface area contributed by atoms with Crippen LogP contribution in [0, 0.1) is 0 Å². The lowest BCUT2D eigenvalue weighted by atomic mass is 9.78. The molecule has 0 bridgehead atoms. The van der Waals surface area contributed by atoms with Gasteiger partial charge in [0.1, 0.15) is 0 Å². The van der Waals surface area contributed by atoms with Gasteiger partial charge in [-0.3, -0.25) is 0 Å². The van der Waals surface area contributed by atoms with E-state index in [-0.39, 0.29) is 10.8 Å². The molecule has 190 valence electrons. The number of rotatable bonds is 2. The molecule has 0 fully saturated rings. The molecule has 0 aliphatic heterocycles. The lowest BCUT2D eigenvalue weighted by molar-refractivity contribution is 0.591. The molecule has 6 rings (SSSR count). The van der Waals surface area contributed by atoms with Crippen molar-refractivity contribution in [2.24, 2.45) is 0 Å². The first-order valence-corrected chi connectivity index (χ1v) is 14.0. The van der Waals surface area contributed by atoms with E-state index in [0.29, 0.717) is 0 Å². The minimum Gasteiger partial charge on any atom is -0.0837 e. The molecule has 0 aliphatic rings. The number of benzene rings is 6. The van der Waals surface area contributed by atoms with Crippen molar-refractivity contribution in [2.75, 3.05) is 0 Å². The maximum atomic E-state index is 6.82. The summed E-state index contributed by atoms with van der Waals surface area (Å²) in [6.45, 7) is 13.7. The van der Waals surface area contributed by atoms with Crippen molar-refractivity contribution in [3.8, 4) is 22.3 Å². The van der Waals surface area contributed by atoms with Crippen molar-refractivity contribution in [1.29, 1.82) is 0 Å². The summed E-state index contributed by atoms with van der Waals surface area (Å²) >= 11 is 13.6. The van der Waals surface area contributed by atoms with Crippen LogP contribution in [-0.4, -0.2) is 0 Å². The number of halogens is 2. The van der Waals surface area contributed by atoms with Gasteiger partial charge >= 0.3 is 0 Å². The monoisotopic (exact) mass is 534 g/mol. The minimum atomic E-state index is -0.00777. The maximum absolute atomic E-state index is 6.82. The van der Waals surface area contributed by atoms with Crippen molar-refractivity contribution in [3.05, 3.63) is 106 Å². The molecule has 0 spiro atoms. The highest BCUT2D eigenvalue weighted by atomic mass is 35.5. The van der Waals surface area contributed by atoms with E-state index < -0.39 is 0 Å². The van der Waals surface area contributed by atoms with Crippen molar-refractivity contribution in [1.82, 2.24) is 0 Å². The Morgan fingerprint density at radius 3 is 1.16 bits per heavy atom. The molecule has 6 aromatic rings. The molecular weight excluding hydrogens is 503 g/mol. The van der Waals surface area contributed by atoms with Gasteiger partial charge in [-0.05, 0) is 102 Å². The highest BCUT2D eigenvalue weighted by molar-refractivity contribution is 6.36. The third-order valence-corrected chi connectivity index (χ3v) is 8.49. The average Bonchev–Trinajstić information content (AvgIpc) is 2.86. The molecule has 0 saturated heterocycles. The van der Waals surface area contributed by atoms with E-state index in [1.807, 2.05) is 24.3 Å². The van der Waals surface area contributed by atoms with Gasteiger partial charge in [0.05, 0.1) is 0 Å². The molecule has 0 heterocycles. The van der Waals surface area contributed by atoms with Gasteiger partial charge in [0.25, 0.3) is 0 Å². The van der Waals surface area contributed by atoms with E-state index in [2.05, 4.69) is 102 Å². The summed E-state index contributed by atoms with van der Waals surface area (Å²) in [4.78, 5) is 0. The molecule has 0 unspecified atom stereocenters.